The van der Waals surface area contributed by atoms with Gasteiger partial charge in [0, 0.05) is 30.9 Å². The van der Waals surface area contributed by atoms with Gasteiger partial charge in [0.1, 0.15) is 5.82 Å². The van der Waals surface area contributed by atoms with E-state index in [9.17, 15) is 4.79 Å². The van der Waals surface area contributed by atoms with Crippen molar-refractivity contribution in [2.45, 2.75) is 50.6 Å². The van der Waals surface area contributed by atoms with Crippen molar-refractivity contribution in [3.63, 3.8) is 0 Å². The summed E-state index contributed by atoms with van der Waals surface area (Å²) >= 11 is 1.62. The van der Waals surface area contributed by atoms with Gasteiger partial charge < -0.3 is 15.4 Å². The molecule has 0 bridgehead atoms. The monoisotopic (exact) mass is 392 g/mol. The third kappa shape index (κ3) is 5.55. The molecule has 1 aliphatic rings. The van der Waals surface area contributed by atoms with Crippen LogP contribution < -0.4 is 10.6 Å². The molecule has 1 fully saturated rings. The third-order valence-electron chi connectivity index (χ3n) is 4.13. The number of thioether (sulfide) groups is 1. The van der Waals surface area contributed by atoms with Crippen LogP contribution >= 0.6 is 11.8 Å². The molecule has 148 valence electrons. The van der Waals surface area contributed by atoms with Crippen LogP contribution in [0, 0.1) is 5.92 Å². The maximum atomic E-state index is 11.8. The number of fused-ring (bicyclic) bond motifs is 1. The zero-order valence-corrected chi connectivity index (χ0v) is 17.0. The summed E-state index contributed by atoms with van der Waals surface area (Å²) in [6.45, 7) is 9.34. The molecule has 0 aliphatic heterocycles. The van der Waals surface area contributed by atoms with Crippen molar-refractivity contribution in [3.8, 4) is 0 Å². The molecule has 0 aromatic carbocycles. The lowest BCUT2D eigenvalue weighted by molar-refractivity contribution is -0.122. The van der Waals surface area contributed by atoms with Crippen LogP contribution in [-0.2, 0) is 16.1 Å². The molecular weight excluding hydrogens is 364 g/mol. The van der Waals surface area contributed by atoms with Crippen LogP contribution in [0.25, 0.3) is 11.0 Å². The first-order valence-corrected chi connectivity index (χ1v) is 10.5. The summed E-state index contributed by atoms with van der Waals surface area (Å²) in [4.78, 5) is 21.2. The Labute approximate surface area is 163 Å². The topological polar surface area (TPSA) is 94.0 Å². The normalized spacial score (nSPS) is 14.1. The molecule has 0 spiro atoms. The highest BCUT2D eigenvalue weighted by atomic mass is 32.2. The highest BCUT2D eigenvalue weighted by Crippen LogP contribution is 2.29. The van der Waals surface area contributed by atoms with Crippen LogP contribution in [-0.4, -0.2) is 57.2 Å². The maximum absolute atomic E-state index is 11.8. The fourth-order valence-electron chi connectivity index (χ4n) is 2.66. The number of ether oxygens (including phenoxy) is 1. The predicted molar refractivity (Wildman–Crippen MR) is 107 cm³/mol. The standard InChI is InChI=1S/C18H28N6O2S/c1-4-26-10-8-19-15-14-11-21-24(9-7-20-17(25)13-5-6-13)16(14)23-18(22-15)27-12(2)3/h11-13H,4-10H2,1-3H3,(H,20,25)(H,19,22,23). The summed E-state index contributed by atoms with van der Waals surface area (Å²) in [7, 11) is 0. The summed E-state index contributed by atoms with van der Waals surface area (Å²) in [6.07, 6.45) is 3.80. The van der Waals surface area contributed by atoms with Crippen molar-refractivity contribution in [2.24, 2.45) is 5.92 Å². The van der Waals surface area contributed by atoms with E-state index in [0.717, 1.165) is 34.8 Å². The Morgan fingerprint density at radius 1 is 1.37 bits per heavy atom. The second-order valence-corrected chi connectivity index (χ2v) is 8.36. The second kappa shape index (κ2) is 9.36. The van der Waals surface area contributed by atoms with E-state index < -0.39 is 0 Å². The molecule has 1 aliphatic carbocycles. The Bertz CT molecular complexity index is 775. The van der Waals surface area contributed by atoms with Crippen LogP contribution in [0.5, 0.6) is 0 Å². The third-order valence-corrected chi connectivity index (χ3v) is 5.00. The first-order chi connectivity index (χ1) is 13.1. The van der Waals surface area contributed by atoms with E-state index in [-0.39, 0.29) is 11.8 Å². The molecular formula is C18H28N6O2S. The second-order valence-electron chi connectivity index (χ2n) is 6.82. The minimum absolute atomic E-state index is 0.149. The Balaban J connectivity index is 1.74. The number of anilines is 1. The fraction of sp³-hybridized carbons (Fsp3) is 0.667. The van der Waals surface area contributed by atoms with Gasteiger partial charge in [0.15, 0.2) is 10.8 Å². The number of hydrogen-bond acceptors (Lipinski definition) is 7. The van der Waals surface area contributed by atoms with Gasteiger partial charge in [0.05, 0.1) is 24.7 Å². The molecule has 3 rings (SSSR count). The van der Waals surface area contributed by atoms with E-state index in [0.29, 0.717) is 38.1 Å². The molecule has 8 nitrogen and oxygen atoms in total. The van der Waals surface area contributed by atoms with Gasteiger partial charge in [-0.25, -0.2) is 14.6 Å². The molecule has 2 aromatic rings. The SMILES string of the molecule is CCOCCNc1nc(SC(C)C)nc2c1cnn2CCNC(=O)C1CC1. The van der Waals surface area contributed by atoms with Gasteiger partial charge in [-0.3, -0.25) is 4.79 Å². The fourth-order valence-corrected chi connectivity index (χ4v) is 3.36. The lowest BCUT2D eigenvalue weighted by Gasteiger charge is -2.11. The average Bonchev–Trinajstić information content (AvgIpc) is 3.40. The summed E-state index contributed by atoms with van der Waals surface area (Å²) in [5, 5.41) is 12.8. The van der Waals surface area contributed by atoms with Crippen molar-refractivity contribution in [1.29, 1.82) is 0 Å². The number of nitrogens with zero attached hydrogens (tertiary/aromatic N) is 4. The molecule has 0 radical (unpaired) electrons. The van der Waals surface area contributed by atoms with Crippen molar-refractivity contribution in [3.05, 3.63) is 6.20 Å². The maximum Gasteiger partial charge on any atom is 0.223 e. The molecule has 0 saturated heterocycles. The smallest absolute Gasteiger partial charge is 0.223 e. The number of carbonyl (C=O) groups excluding carboxylic acids is 1. The molecule has 0 unspecified atom stereocenters. The zero-order chi connectivity index (χ0) is 19.2. The molecule has 0 atom stereocenters. The van der Waals surface area contributed by atoms with E-state index in [1.807, 2.05) is 11.6 Å². The van der Waals surface area contributed by atoms with E-state index in [1.54, 1.807) is 18.0 Å². The van der Waals surface area contributed by atoms with Crippen LogP contribution in [0.3, 0.4) is 0 Å². The Kier molecular flexibility index (Phi) is 6.89. The lowest BCUT2D eigenvalue weighted by atomic mass is 10.4. The van der Waals surface area contributed by atoms with Crippen molar-refractivity contribution >= 4 is 34.5 Å². The zero-order valence-electron chi connectivity index (χ0n) is 16.2. The molecule has 1 saturated carbocycles. The summed E-state index contributed by atoms with van der Waals surface area (Å²) in [5.74, 6) is 1.14. The molecule has 27 heavy (non-hydrogen) atoms. The summed E-state index contributed by atoms with van der Waals surface area (Å²) < 4.78 is 7.23. The van der Waals surface area contributed by atoms with Crippen molar-refractivity contribution in [1.82, 2.24) is 25.1 Å². The van der Waals surface area contributed by atoms with Crippen molar-refractivity contribution < 1.29 is 9.53 Å². The van der Waals surface area contributed by atoms with E-state index in [1.165, 1.54) is 0 Å². The van der Waals surface area contributed by atoms with E-state index in [4.69, 9.17) is 9.72 Å². The largest absolute Gasteiger partial charge is 0.380 e. The van der Waals surface area contributed by atoms with Gasteiger partial charge in [-0.1, -0.05) is 25.6 Å². The summed E-state index contributed by atoms with van der Waals surface area (Å²) in [5.41, 5.74) is 0.785. The van der Waals surface area contributed by atoms with E-state index in [2.05, 4.69) is 34.6 Å². The molecule has 1 amide bonds. The van der Waals surface area contributed by atoms with Crippen LogP contribution in [0.2, 0.25) is 0 Å². The first kappa shape index (κ1) is 19.9. The van der Waals surface area contributed by atoms with Gasteiger partial charge in [0.2, 0.25) is 5.91 Å². The quantitative estimate of drug-likeness (QED) is 0.344. The molecule has 2 N–H and O–H groups in total. The van der Waals surface area contributed by atoms with Crippen LogP contribution in [0.1, 0.15) is 33.6 Å². The van der Waals surface area contributed by atoms with Gasteiger partial charge in [-0.05, 0) is 19.8 Å². The molecule has 2 heterocycles. The molecule has 2 aromatic heterocycles. The summed E-state index contributed by atoms with van der Waals surface area (Å²) in [6, 6.07) is 0. The number of carbonyl (C=O) groups is 1. The molecule has 9 heteroatoms. The number of nitrogens with one attached hydrogen (secondary N) is 2. The Morgan fingerprint density at radius 3 is 2.89 bits per heavy atom. The first-order valence-electron chi connectivity index (χ1n) is 9.58. The van der Waals surface area contributed by atoms with Crippen molar-refractivity contribution in [2.75, 3.05) is 31.6 Å². The van der Waals surface area contributed by atoms with Gasteiger partial charge in [-0.15, -0.1) is 0 Å². The highest BCUT2D eigenvalue weighted by molar-refractivity contribution is 7.99. The van der Waals surface area contributed by atoms with Gasteiger partial charge in [0.25, 0.3) is 0 Å². The minimum atomic E-state index is 0.149. The highest BCUT2D eigenvalue weighted by Gasteiger charge is 2.29. The van der Waals surface area contributed by atoms with Crippen LogP contribution in [0.4, 0.5) is 5.82 Å². The number of rotatable bonds is 11. The number of amides is 1. The predicted octanol–water partition coefficient (Wildman–Crippen LogP) is 2.30. The van der Waals surface area contributed by atoms with Crippen LogP contribution in [0.15, 0.2) is 11.4 Å². The Morgan fingerprint density at radius 2 is 2.19 bits per heavy atom. The number of aromatic nitrogens is 4. The minimum Gasteiger partial charge on any atom is -0.380 e. The number of hydrogen-bond donors (Lipinski definition) is 2. The Hall–Kier alpha value is -1.87. The van der Waals surface area contributed by atoms with Gasteiger partial charge in [-0.2, -0.15) is 5.10 Å². The average molecular weight is 393 g/mol. The van der Waals surface area contributed by atoms with E-state index >= 15 is 0 Å². The lowest BCUT2D eigenvalue weighted by Crippen LogP contribution is -2.28. The van der Waals surface area contributed by atoms with Gasteiger partial charge >= 0.3 is 0 Å².